The van der Waals surface area contributed by atoms with Gasteiger partial charge in [0, 0.05) is 22.3 Å². The fourth-order valence-corrected chi connectivity index (χ4v) is 4.75. The molecule has 2 unspecified atom stereocenters. The molecule has 0 aliphatic carbocycles. The summed E-state index contributed by atoms with van der Waals surface area (Å²) in [7, 11) is 0. The van der Waals surface area contributed by atoms with E-state index in [4.69, 9.17) is 4.74 Å². The lowest BCUT2D eigenvalue weighted by atomic mass is 9.86. The maximum Gasteiger partial charge on any atom is 0.270 e. The van der Waals surface area contributed by atoms with Crippen LogP contribution in [0.2, 0.25) is 0 Å². The van der Waals surface area contributed by atoms with Crippen molar-refractivity contribution < 1.29 is 24.0 Å². The summed E-state index contributed by atoms with van der Waals surface area (Å²) < 4.78 is 6.35. The van der Waals surface area contributed by atoms with E-state index in [1.54, 1.807) is 53.4 Å². The molecule has 0 radical (unpaired) electrons. The minimum Gasteiger partial charge on any atom is -0.494 e. The number of ether oxygens (including phenoxy) is 1. The van der Waals surface area contributed by atoms with Crippen molar-refractivity contribution in [2.75, 3.05) is 11.5 Å². The Morgan fingerprint density at radius 2 is 1.54 bits per heavy atom. The average molecular weight is 536 g/mol. The number of carbonyl (C=O) groups is 3. The van der Waals surface area contributed by atoms with Gasteiger partial charge in [0.1, 0.15) is 11.8 Å². The largest absolute Gasteiger partial charge is 0.494 e. The number of nitro benzene ring substituents is 1. The van der Waals surface area contributed by atoms with E-state index in [2.05, 4.69) is 15.9 Å². The predicted molar refractivity (Wildman–Crippen MR) is 129 cm³/mol. The van der Waals surface area contributed by atoms with Gasteiger partial charge in [0.25, 0.3) is 23.4 Å². The molecule has 3 aromatic carbocycles. The van der Waals surface area contributed by atoms with Crippen LogP contribution in [-0.4, -0.2) is 40.2 Å². The molecule has 0 N–H and O–H groups in total. The number of halogens is 1. The lowest BCUT2D eigenvalue weighted by Crippen LogP contribution is -2.67. The number of nitro groups is 1. The van der Waals surface area contributed by atoms with Gasteiger partial charge in [0.2, 0.25) is 0 Å². The fourth-order valence-electron chi connectivity index (χ4n) is 4.49. The molecule has 35 heavy (non-hydrogen) atoms. The van der Waals surface area contributed by atoms with Gasteiger partial charge in [-0.05, 0) is 55.0 Å². The van der Waals surface area contributed by atoms with Gasteiger partial charge in [-0.1, -0.05) is 28.1 Å². The highest BCUT2D eigenvalue weighted by Crippen LogP contribution is 2.45. The number of rotatable bonds is 6. The molecular weight excluding hydrogens is 518 g/mol. The molecule has 2 heterocycles. The molecule has 3 aromatic rings. The Kier molecular flexibility index (Phi) is 5.60. The number of fused-ring (bicyclic) bond motifs is 1. The summed E-state index contributed by atoms with van der Waals surface area (Å²) in [6.07, 6.45) is 0. The highest BCUT2D eigenvalue weighted by Gasteiger charge is 2.57. The first-order valence-corrected chi connectivity index (χ1v) is 11.6. The molecule has 0 bridgehead atoms. The van der Waals surface area contributed by atoms with Crippen molar-refractivity contribution in [2.24, 2.45) is 0 Å². The number of hydrogen-bond acceptors (Lipinski definition) is 6. The molecule has 1 saturated heterocycles. The van der Waals surface area contributed by atoms with Crippen LogP contribution in [-0.2, 0) is 4.79 Å². The van der Waals surface area contributed by atoms with E-state index in [-0.39, 0.29) is 16.8 Å². The minimum absolute atomic E-state index is 0.0425. The number of benzene rings is 3. The van der Waals surface area contributed by atoms with Crippen LogP contribution in [0.1, 0.15) is 39.2 Å². The first-order valence-electron chi connectivity index (χ1n) is 10.8. The fraction of sp³-hybridized carbons (Fsp3) is 0.160. The third kappa shape index (κ3) is 3.66. The number of hydrogen-bond donors (Lipinski definition) is 0. The van der Waals surface area contributed by atoms with Gasteiger partial charge in [0.05, 0.1) is 28.7 Å². The van der Waals surface area contributed by atoms with E-state index < -0.39 is 34.7 Å². The van der Waals surface area contributed by atoms with Crippen molar-refractivity contribution in [1.29, 1.82) is 0 Å². The number of non-ortho nitro benzene ring substituents is 1. The van der Waals surface area contributed by atoms with Crippen molar-refractivity contribution >= 4 is 45.0 Å². The SMILES string of the molecule is CCOc1ccc(C2C(N3C(=O)c4ccc([N+](=O)[O-])cc4C3=O)C(=O)N2c2ccc(Br)cc2)cc1. The van der Waals surface area contributed by atoms with Crippen molar-refractivity contribution in [2.45, 2.75) is 19.0 Å². The van der Waals surface area contributed by atoms with Crippen molar-refractivity contribution in [3.63, 3.8) is 0 Å². The van der Waals surface area contributed by atoms with Crippen LogP contribution in [0.4, 0.5) is 11.4 Å². The van der Waals surface area contributed by atoms with Crippen molar-refractivity contribution in [1.82, 2.24) is 4.90 Å². The van der Waals surface area contributed by atoms with E-state index in [1.165, 1.54) is 12.1 Å². The molecule has 5 rings (SSSR count). The number of carbonyl (C=O) groups excluding carboxylic acids is 3. The van der Waals surface area contributed by atoms with Gasteiger partial charge < -0.3 is 9.64 Å². The monoisotopic (exact) mass is 535 g/mol. The van der Waals surface area contributed by atoms with Gasteiger partial charge >= 0.3 is 0 Å². The molecule has 0 aromatic heterocycles. The maximum absolute atomic E-state index is 13.4. The Balaban J connectivity index is 1.55. The Bertz CT molecular complexity index is 1370. The van der Waals surface area contributed by atoms with Gasteiger partial charge in [-0.2, -0.15) is 0 Å². The Labute approximate surface area is 208 Å². The zero-order chi connectivity index (χ0) is 24.9. The molecule has 176 valence electrons. The van der Waals surface area contributed by atoms with Crippen LogP contribution in [0.5, 0.6) is 5.75 Å². The lowest BCUT2D eigenvalue weighted by molar-refractivity contribution is -0.384. The number of nitrogens with zero attached hydrogens (tertiary/aromatic N) is 3. The van der Waals surface area contributed by atoms with Crippen LogP contribution in [0, 0.1) is 10.1 Å². The molecule has 3 amide bonds. The second kappa shape index (κ2) is 8.62. The topological polar surface area (TPSA) is 110 Å². The number of imide groups is 1. The van der Waals surface area contributed by atoms with Crippen LogP contribution in [0.15, 0.2) is 71.2 Å². The third-order valence-electron chi connectivity index (χ3n) is 6.10. The van der Waals surface area contributed by atoms with Crippen LogP contribution in [0.3, 0.4) is 0 Å². The Morgan fingerprint density at radius 1 is 0.886 bits per heavy atom. The molecule has 0 spiro atoms. The molecule has 2 aliphatic rings. The van der Waals surface area contributed by atoms with E-state index in [9.17, 15) is 24.5 Å². The predicted octanol–water partition coefficient (Wildman–Crippen LogP) is 4.51. The zero-order valence-electron chi connectivity index (χ0n) is 18.4. The summed E-state index contributed by atoms with van der Waals surface area (Å²) >= 11 is 3.38. The smallest absolute Gasteiger partial charge is 0.270 e. The first-order chi connectivity index (χ1) is 16.8. The molecule has 0 saturated carbocycles. The molecule has 2 atom stereocenters. The quantitative estimate of drug-likeness (QED) is 0.199. The first kappa shape index (κ1) is 22.7. The van der Waals surface area contributed by atoms with E-state index in [1.807, 2.05) is 6.92 Å². The maximum atomic E-state index is 13.4. The Morgan fingerprint density at radius 3 is 2.17 bits per heavy atom. The minimum atomic E-state index is -1.09. The van der Waals surface area contributed by atoms with E-state index in [0.717, 1.165) is 15.4 Å². The van der Waals surface area contributed by atoms with E-state index in [0.29, 0.717) is 23.6 Å². The number of amides is 3. The molecule has 10 heteroatoms. The van der Waals surface area contributed by atoms with E-state index >= 15 is 0 Å². The third-order valence-corrected chi connectivity index (χ3v) is 6.62. The normalized spacial score (nSPS) is 19.0. The van der Waals surface area contributed by atoms with Gasteiger partial charge in [-0.3, -0.25) is 29.4 Å². The number of anilines is 1. The summed E-state index contributed by atoms with van der Waals surface area (Å²) in [5.41, 5.74) is 0.987. The highest BCUT2D eigenvalue weighted by molar-refractivity contribution is 9.10. The lowest BCUT2D eigenvalue weighted by Gasteiger charge is -2.49. The average Bonchev–Trinajstić information content (AvgIpc) is 3.09. The summed E-state index contributed by atoms with van der Waals surface area (Å²) in [6.45, 7) is 2.37. The number of β-lactam (4-membered cyclic amide) rings is 1. The summed E-state index contributed by atoms with van der Waals surface area (Å²) in [5.74, 6) is -1.14. The zero-order valence-corrected chi connectivity index (χ0v) is 20.0. The van der Waals surface area contributed by atoms with Gasteiger partial charge in [-0.15, -0.1) is 0 Å². The van der Waals surface area contributed by atoms with Crippen molar-refractivity contribution in [3.05, 3.63) is 98.0 Å². The standard InChI is InChI=1S/C25H18BrN3O6/c1-2-35-18-10-3-14(4-11-18)21-22(25(32)27(21)16-7-5-15(26)6-8-16)28-23(30)19-12-9-17(29(33)34)13-20(19)24(28)31/h3-13,21-22H,2H2,1H3. The van der Waals surface area contributed by atoms with Crippen LogP contribution < -0.4 is 9.64 Å². The van der Waals surface area contributed by atoms with Crippen LogP contribution >= 0.6 is 15.9 Å². The Hall–Kier alpha value is -4.05. The summed E-state index contributed by atoms with van der Waals surface area (Å²) in [5, 5.41) is 11.2. The second-order valence-corrected chi connectivity index (χ2v) is 8.96. The van der Waals surface area contributed by atoms with Crippen molar-refractivity contribution in [3.8, 4) is 5.75 Å². The molecular formula is C25H18BrN3O6. The molecule has 1 fully saturated rings. The van der Waals surface area contributed by atoms with Crippen LogP contribution in [0.25, 0.3) is 0 Å². The molecule has 9 nitrogen and oxygen atoms in total. The van der Waals surface area contributed by atoms with Gasteiger partial charge in [0.15, 0.2) is 0 Å². The highest BCUT2D eigenvalue weighted by atomic mass is 79.9. The molecule has 2 aliphatic heterocycles. The summed E-state index contributed by atoms with van der Waals surface area (Å²) in [4.78, 5) is 52.9. The summed E-state index contributed by atoms with van der Waals surface area (Å²) in [6, 6.07) is 16.0. The van der Waals surface area contributed by atoms with Gasteiger partial charge in [-0.25, -0.2) is 0 Å². The second-order valence-electron chi connectivity index (χ2n) is 8.04.